The van der Waals surface area contributed by atoms with Crippen LogP contribution in [0.4, 0.5) is 11.4 Å². The molecule has 1 aromatic rings. The zero-order valence-corrected chi connectivity index (χ0v) is 11.0. The van der Waals surface area contributed by atoms with E-state index in [9.17, 15) is 14.9 Å². The Kier molecular flexibility index (Phi) is 4.19. The highest BCUT2D eigenvalue weighted by molar-refractivity contribution is 5.99. The van der Waals surface area contributed by atoms with Gasteiger partial charge in [-0.25, -0.2) is 0 Å². The van der Waals surface area contributed by atoms with E-state index in [-0.39, 0.29) is 29.7 Å². The van der Waals surface area contributed by atoms with Crippen molar-refractivity contribution in [2.45, 2.75) is 12.8 Å². The molecule has 1 amide bonds. The number of piperidine rings is 1. The minimum absolute atomic E-state index is 0.0254. The Hall–Kier alpha value is -2.15. The Labute approximate surface area is 116 Å². The Morgan fingerprint density at radius 1 is 1.45 bits per heavy atom. The predicted molar refractivity (Wildman–Crippen MR) is 73.2 cm³/mol. The number of nitro benzene ring substituents is 1. The number of rotatable bonds is 3. The molecular weight excluding hydrogens is 262 g/mol. The Balaban J connectivity index is 2.21. The quantitative estimate of drug-likeness (QED) is 0.487. The molecule has 0 unspecified atom stereocenters. The van der Waals surface area contributed by atoms with Gasteiger partial charge in [-0.2, -0.15) is 0 Å². The van der Waals surface area contributed by atoms with Crippen LogP contribution in [0.25, 0.3) is 0 Å². The van der Waals surface area contributed by atoms with Crippen LogP contribution in [0.3, 0.4) is 0 Å². The van der Waals surface area contributed by atoms with Crippen LogP contribution in [-0.4, -0.2) is 40.5 Å². The minimum atomic E-state index is -0.576. The average Bonchev–Trinajstić information content (AvgIpc) is 2.46. The van der Waals surface area contributed by atoms with E-state index in [2.05, 4.69) is 0 Å². The molecule has 1 aliphatic rings. The van der Waals surface area contributed by atoms with Crippen LogP contribution < -0.4 is 5.73 Å². The lowest BCUT2D eigenvalue weighted by atomic mass is 9.97. The van der Waals surface area contributed by atoms with Crippen molar-refractivity contribution in [2.75, 3.05) is 25.4 Å². The van der Waals surface area contributed by atoms with Gasteiger partial charge in [-0.05, 0) is 30.9 Å². The van der Waals surface area contributed by atoms with E-state index < -0.39 is 4.92 Å². The summed E-state index contributed by atoms with van der Waals surface area (Å²) in [5.41, 5.74) is 5.73. The van der Waals surface area contributed by atoms with Crippen molar-refractivity contribution in [2.24, 2.45) is 5.92 Å². The number of carbonyl (C=O) groups excluding carboxylic acids is 1. The van der Waals surface area contributed by atoms with Gasteiger partial charge in [0.2, 0.25) is 0 Å². The van der Waals surface area contributed by atoms with Crippen LogP contribution >= 0.6 is 0 Å². The lowest BCUT2D eigenvalue weighted by molar-refractivity contribution is -0.385. The standard InChI is InChI=1S/C13H17N3O4/c14-10-1-2-12(16(19)20)11(7-10)13(18)15-5-3-9(8-17)4-6-15/h1-2,7,9,17H,3-6,8,14H2. The zero-order chi connectivity index (χ0) is 14.7. The van der Waals surface area contributed by atoms with Crippen molar-refractivity contribution >= 4 is 17.3 Å². The second-order valence-corrected chi connectivity index (χ2v) is 4.95. The first-order chi connectivity index (χ1) is 9.52. The normalized spacial score (nSPS) is 16.1. The summed E-state index contributed by atoms with van der Waals surface area (Å²) in [4.78, 5) is 24.4. The van der Waals surface area contributed by atoms with Crippen LogP contribution in [0.2, 0.25) is 0 Å². The van der Waals surface area contributed by atoms with Gasteiger partial charge in [0.1, 0.15) is 5.56 Å². The van der Waals surface area contributed by atoms with Crippen LogP contribution in [-0.2, 0) is 0 Å². The maximum atomic E-state index is 12.4. The maximum Gasteiger partial charge on any atom is 0.282 e. The molecule has 7 heteroatoms. The number of aliphatic hydroxyl groups is 1. The molecule has 0 aromatic heterocycles. The van der Waals surface area contributed by atoms with Crippen LogP contribution in [0, 0.1) is 16.0 Å². The molecule has 1 aliphatic heterocycles. The number of nitrogen functional groups attached to an aromatic ring is 1. The molecule has 3 N–H and O–H groups in total. The first-order valence-corrected chi connectivity index (χ1v) is 6.47. The summed E-state index contributed by atoms with van der Waals surface area (Å²) < 4.78 is 0. The van der Waals surface area contributed by atoms with E-state index in [0.29, 0.717) is 31.6 Å². The Bertz CT molecular complexity index is 524. The van der Waals surface area contributed by atoms with Gasteiger partial charge >= 0.3 is 0 Å². The van der Waals surface area contributed by atoms with Crippen LogP contribution in [0.1, 0.15) is 23.2 Å². The van der Waals surface area contributed by atoms with Crippen LogP contribution in [0.15, 0.2) is 18.2 Å². The van der Waals surface area contributed by atoms with Gasteiger partial charge < -0.3 is 15.7 Å². The molecule has 0 aliphatic carbocycles. The maximum absolute atomic E-state index is 12.4. The number of likely N-dealkylation sites (tertiary alicyclic amines) is 1. The monoisotopic (exact) mass is 279 g/mol. The fourth-order valence-corrected chi connectivity index (χ4v) is 2.37. The Morgan fingerprint density at radius 2 is 2.10 bits per heavy atom. The summed E-state index contributed by atoms with van der Waals surface area (Å²) in [6, 6.07) is 4.01. The summed E-state index contributed by atoms with van der Waals surface area (Å²) >= 11 is 0. The van der Waals surface area contributed by atoms with E-state index in [1.807, 2.05) is 0 Å². The number of benzene rings is 1. The molecule has 0 atom stereocenters. The number of nitrogens with zero attached hydrogens (tertiary/aromatic N) is 2. The molecule has 0 bridgehead atoms. The molecule has 0 saturated carbocycles. The number of hydrogen-bond acceptors (Lipinski definition) is 5. The summed E-state index contributed by atoms with van der Waals surface area (Å²) in [7, 11) is 0. The van der Waals surface area contributed by atoms with Crippen molar-refractivity contribution in [3.05, 3.63) is 33.9 Å². The molecule has 2 rings (SSSR count). The van der Waals surface area contributed by atoms with Gasteiger partial charge in [-0.3, -0.25) is 14.9 Å². The zero-order valence-electron chi connectivity index (χ0n) is 11.0. The average molecular weight is 279 g/mol. The number of hydrogen-bond donors (Lipinski definition) is 2. The lowest BCUT2D eigenvalue weighted by Gasteiger charge is -2.31. The number of carbonyl (C=O) groups is 1. The SMILES string of the molecule is Nc1ccc([N+](=O)[O-])c(C(=O)N2CCC(CO)CC2)c1. The third kappa shape index (κ3) is 2.88. The van der Waals surface area contributed by atoms with E-state index >= 15 is 0 Å². The molecule has 7 nitrogen and oxygen atoms in total. The van der Waals surface area contributed by atoms with Crippen molar-refractivity contribution in [1.82, 2.24) is 4.90 Å². The summed E-state index contributed by atoms with van der Waals surface area (Å²) in [6.07, 6.45) is 1.41. The highest BCUT2D eigenvalue weighted by Crippen LogP contribution is 2.25. The Morgan fingerprint density at radius 3 is 2.65 bits per heavy atom. The number of nitrogens with two attached hydrogens (primary N) is 1. The number of nitro groups is 1. The van der Waals surface area contributed by atoms with Crippen molar-refractivity contribution < 1.29 is 14.8 Å². The lowest BCUT2D eigenvalue weighted by Crippen LogP contribution is -2.39. The largest absolute Gasteiger partial charge is 0.399 e. The van der Waals surface area contributed by atoms with Crippen molar-refractivity contribution in [3.63, 3.8) is 0 Å². The molecule has 0 spiro atoms. The first kappa shape index (κ1) is 14.3. The fraction of sp³-hybridized carbons (Fsp3) is 0.462. The van der Waals surface area contributed by atoms with Gasteiger partial charge in [0.05, 0.1) is 4.92 Å². The van der Waals surface area contributed by atoms with Gasteiger partial charge in [0.25, 0.3) is 11.6 Å². The van der Waals surface area contributed by atoms with E-state index in [0.717, 1.165) is 0 Å². The van der Waals surface area contributed by atoms with Gasteiger partial charge in [-0.15, -0.1) is 0 Å². The minimum Gasteiger partial charge on any atom is -0.399 e. The number of aliphatic hydroxyl groups excluding tert-OH is 1. The molecule has 20 heavy (non-hydrogen) atoms. The second-order valence-electron chi connectivity index (χ2n) is 4.95. The second kappa shape index (κ2) is 5.87. The third-order valence-corrected chi connectivity index (χ3v) is 3.61. The van der Waals surface area contributed by atoms with Gasteiger partial charge in [0, 0.05) is 31.5 Å². The number of amides is 1. The fourth-order valence-electron chi connectivity index (χ4n) is 2.37. The third-order valence-electron chi connectivity index (χ3n) is 3.61. The summed E-state index contributed by atoms with van der Waals surface area (Å²) in [5, 5.41) is 20.1. The molecule has 108 valence electrons. The molecule has 1 saturated heterocycles. The molecule has 1 heterocycles. The molecular formula is C13H17N3O4. The number of anilines is 1. The summed E-state index contributed by atoms with van der Waals surface area (Å²) in [6.45, 7) is 1.10. The topological polar surface area (TPSA) is 110 Å². The van der Waals surface area contributed by atoms with Gasteiger partial charge in [-0.1, -0.05) is 0 Å². The van der Waals surface area contributed by atoms with E-state index in [1.54, 1.807) is 4.90 Å². The van der Waals surface area contributed by atoms with Crippen molar-refractivity contribution in [3.8, 4) is 0 Å². The smallest absolute Gasteiger partial charge is 0.282 e. The molecule has 1 aromatic carbocycles. The van der Waals surface area contributed by atoms with Crippen LogP contribution in [0.5, 0.6) is 0 Å². The highest BCUT2D eigenvalue weighted by atomic mass is 16.6. The molecule has 1 fully saturated rings. The van der Waals surface area contributed by atoms with Crippen molar-refractivity contribution in [1.29, 1.82) is 0 Å². The van der Waals surface area contributed by atoms with E-state index in [1.165, 1.54) is 18.2 Å². The highest BCUT2D eigenvalue weighted by Gasteiger charge is 2.28. The summed E-state index contributed by atoms with van der Waals surface area (Å²) in [5.74, 6) is -0.171. The van der Waals surface area contributed by atoms with Gasteiger partial charge in [0.15, 0.2) is 0 Å². The predicted octanol–water partition coefficient (Wildman–Crippen LogP) is 1.02. The van der Waals surface area contributed by atoms with E-state index in [4.69, 9.17) is 10.8 Å². The molecule has 0 radical (unpaired) electrons. The first-order valence-electron chi connectivity index (χ1n) is 6.47.